The standard InChI is InChI=1S/C22H29N7O/c1-15(2)29-14-25-18-13-24-21(12-19(18)29)26-20-8-9-23-22(27-20)28-10-4-6-17(16(3)30)7-5-11-28/h8-9,12-15,17H,4-7,10-11H2,1-3H3,(H,23,24,26,27). The lowest BCUT2D eigenvalue weighted by Gasteiger charge is -2.27. The molecular weight excluding hydrogens is 378 g/mol. The Morgan fingerprint density at radius 1 is 1.13 bits per heavy atom. The molecule has 4 rings (SSSR count). The third kappa shape index (κ3) is 4.42. The first kappa shape index (κ1) is 20.3. The fraction of sp³-hybridized carbons (Fsp3) is 0.500. The minimum absolute atomic E-state index is 0.210. The molecule has 0 saturated carbocycles. The van der Waals surface area contributed by atoms with Gasteiger partial charge < -0.3 is 14.8 Å². The van der Waals surface area contributed by atoms with Crippen molar-refractivity contribution in [3.8, 4) is 0 Å². The van der Waals surface area contributed by atoms with Crippen molar-refractivity contribution in [2.75, 3.05) is 23.3 Å². The van der Waals surface area contributed by atoms with Crippen molar-refractivity contribution in [1.29, 1.82) is 0 Å². The van der Waals surface area contributed by atoms with Gasteiger partial charge >= 0.3 is 0 Å². The molecule has 1 aliphatic rings. The number of hydrogen-bond donors (Lipinski definition) is 1. The van der Waals surface area contributed by atoms with Gasteiger partial charge in [0, 0.05) is 37.3 Å². The Morgan fingerprint density at radius 3 is 2.60 bits per heavy atom. The highest BCUT2D eigenvalue weighted by Gasteiger charge is 2.20. The molecule has 3 aromatic rings. The first-order valence-electron chi connectivity index (χ1n) is 10.7. The number of hydrogen-bond acceptors (Lipinski definition) is 7. The second kappa shape index (κ2) is 8.77. The van der Waals surface area contributed by atoms with E-state index in [4.69, 9.17) is 4.98 Å². The molecule has 1 fully saturated rings. The van der Waals surface area contributed by atoms with E-state index in [-0.39, 0.29) is 5.92 Å². The molecule has 3 aromatic heterocycles. The maximum absolute atomic E-state index is 11.7. The molecule has 8 heteroatoms. The van der Waals surface area contributed by atoms with Crippen molar-refractivity contribution in [2.45, 2.75) is 52.5 Å². The monoisotopic (exact) mass is 407 g/mol. The summed E-state index contributed by atoms with van der Waals surface area (Å²) in [5, 5.41) is 3.31. The Kier molecular flexibility index (Phi) is 5.92. The van der Waals surface area contributed by atoms with Crippen molar-refractivity contribution < 1.29 is 4.79 Å². The number of rotatable bonds is 5. The van der Waals surface area contributed by atoms with Gasteiger partial charge in [0.05, 0.1) is 18.0 Å². The van der Waals surface area contributed by atoms with E-state index in [0.29, 0.717) is 17.6 Å². The summed E-state index contributed by atoms with van der Waals surface area (Å²) in [6.45, 7) is 7.71. The summed E-state index contributed by atoms with van der Waals surface area (Å²) in [6, 6.07) is 4.18. The van der Waals surface area contributed by atoms with Crippen LogP contribution in [0.5, 0.6) is 0 Å². The zero-order valence-electron chi connectivity index (χ0n) is 17.9. The fourth-order valence-corrected chi connectivity index (χ4v) is 4.03. The van der Waals surface area contributed by atoms with Crippen LogP contribution in [-0.2, 0) is 4.79 Å². The van der Waals surface area contributed by atoms with E-state index in [1.165, 1.54) is 0 Å². The van der Waals surface area contributed by atoms with E-state index in [0.717, 1.165) is 61.6 Å². The van der Waals surface area contributed by atoms with E-state index in [1.807, 2.05) is 18.5 Å². The first-order chi connectivity index (χ1) is 14.5. The third-order valence-electron chi connectivity index (χ3n) is 5.74. The number of ketones is 1. The Bertz CT molecular complexity index is 1020. The van der Waals surface area contributed by atoms with Gasteiger partial charge in [0.15, 0.2) is 0 Å². The number of pyridine rings is 1. The van der Waals surface area contributed by atoms with Gasteiger partial charge in [-0.2, -0.15) is 4.98 Å². The molecule has 0 atom stereocenters. The van der Waals surface area contributed by atoms with Crippen LogP contribution in [0.15, 0.2) is 30.9 Å². The van der Waals surface area contributed by atoms with Crippen molar-refractivity contribution in [1.82, 2.24) is 24.5 Å². The van der Waals surface area contributed by atoms with Gasteiger partial charge in [-0.3, -0.25) is 4.79 Å². The molecular formula is C22H29N7O. The van der Waals surface area contributed by atoms with E-state index in [9.17, 15) is 4.79 Å². The first-order valence-corrected chi connectivity index (χ1v) is 10.7. The fourth-order valence-electron chi connectivity index (χ4n) is 4.03. The number of imidazole rings is 1. The highest BCUT2D eigenvalue weighted by Crippen LogP contribution is 2.24. The number of fused-ring (bicyclic) bond motifs is 1. The Hall–Kier alpha value is -3.03. The summed E-state index contributed by atoms with van der Waals surface area (Å²) in [7, 11) is 0. The maximum atomic E-state index is 11.7. The zero-order valence-corrected chi connectivity index (χ0v) is 17.9. The molecule has 1 aliphatic heterocycles. The van der Waals surface area contributed by atoms with Crippen LogP contribution in [-0.4, -0.2) is 43.4 Å². The lowest BCUT2D eigenvalue weighted by atomic mass is 9.92. The topological polar surface area (TPSA) is 88.8 Å². The van der Waals surface area contributed by atoms with Crippen LogP contribution >= 0.6 is 0 Å². The number of nitrogens with one attached hydrogen (secondary N) is 1. The molecule has 30 heavy (non-hydrogen) atoms. The number of carbonyl (C=O) groups excluding carboxylic acids is 1. The predicted octanol–water partition coefficient (Wildman–Crippen LogP) is 4.13. The molecule has 1 saturated heterocycles. The summed E-state index contributed by atoms with van der Waals surface area (Å²) in [4.78, 5) is 32.0. The Morgan fingerprint density at radius 2 is 1.90 bits per heavy atom. The van der Waals surface area contributed by atoms with Crippen LogP contribution in [0, 0.1) is 5.92 Å². The predicted molar refractivity (Wildman–Crippen MR) is 118 cm³/mol. The minimum atomic E-state index is 0.210. The van der Waals surface area contributed by atoms with Crippen LogP contribution in [0.1, 0.15) is 52.5 Å². The summed E-state index contributed by atoms with van der Waals surface area (Å²) in [5.74, 6) is 2.68. The number of carbonyl (C=O) groups is 1. The van der Waals surface area contributed by atoms with Gasteiger partial charge in [0.25, 0.3) is 0 Å². The van der Waals surface area contributed by atoms with Crippen molar-refractivity contribution in [2.24, 2.45) is 5.92 Å². The average molecular weight is 408 g/mol. The second-order valence-electron chi connectivity index (χ2n) is 8.25. The van der Waals surface area contributed by atoms with Crippen molar-refractivity contribution >= 4 is 34.4 Å². The molecule has 4 heterocycles. The number of aromatic nitrogens is 5. The average Bonchev–Trinajstić information content (AvgIpc) is 3.11. The summed E-state index contributed by atoms with van der Waals surface area (Å²) in [5.41, 5.74) is 1.92. The Labute approximate surface area is 176 Å². The minimum Gasteiger partial charge on any atom is -0.341 e. The summed E-state index contributed by atoms with van der Waals surface area (Å²) < 4.78 is 2.13. The molecule has 0 bridgehead atoms. The molecule has 0 amide bonds. The van der Waals surface area contributed by atoms with E-state index in [1.54, 1.807) is 19.3 Å². The molecule has 0 unspecified atom stereocenters. The number of nitrogens with zero attached hydrogens (tertiary/aromatic N) is 6. The highest BCUT2D eigenvalue weighted by atomic mass is 16.1. The highest BCUT2D eigenvalue weighted by molar-refractivity contribution is 5.78. The summed E-state index contributed by atoms with van der Waals surface area (Å²) >= 11 is 0. The normalized spacial score (nSPS) is 15.9. The van der Waals surface area contributed by atoms with Gasteiger partial charge in [0.1, 0.15) is 22.9 Å². The molecule has 0 spiro atoms. The lowest BCUT2D eigenvalue weighted by molar-refractivity contribution is -0.121. The lowest BCUT2D eigenvalue weighted by Crippen LogP contribution is -2.31. The molecule has 8 nitrogen and oxygen atoms in total. The zero-order chi connectivity index (χ0) is 21.1. The third-order valence-corrected chi connectivity index (χ3v) is 5.74. The molecule has 1 N–H and O–H groups in total. The number of anilines is 3. The van der Waals surface area contributed by atoms with Crippen molar-refractivity contribution in [3.63, 3.8) is 0 Å². The van der Waals surface area contributed by atoms with Gasteiger partial charge in [-0.25, -0.2) is 15.0 Å². The van der Waals surface area contributed by atoms with E-state index >= 15 is 0 Å². The Balaban J connectivity index is 1.49. The van der Waals surface area contributed by atoms with Gasteiger partial charge in [-0.1, -0.05) is 0 Å². The molecule has 0 aromatic carbocycles. The van der Waals surface area contributed by atoms with Crippen LogP contribution in [0.3, 0.4) is 0 Å². The van der Waals surface area contributed by atoms with Gasteiger partial charge in [-0.05, 0) is 52.5 Å². The quantitative estimate of drug-likeness (QED) is 0.680. The molecule has 0 radical (unpaired) electrons. The molecule has 0 aliphatic carbocycles. The van der Waals surface area contributed by atoms with Crippen LogP contribution in [0.25, 0.3) is 11.0 Å². The summed E-state index contributed by atoms with van der Waals surface area (Å²) in [6.07, 6.45) is 9.24. The smallest absolute Gasteiger partial charge is 0.227 e. The van der Waals surface area contributed by atoms with E-state index in [2.05, 4.69) is 43.6 Å². The van der Waals surface area contributed by atoms with Crippen LogP contribution in [0.2, 0.25) is 0 Å². The van der Waals surface area contributed by atoms with Crippen LogP contribution < -0.4 is 10.2 Å². The number of Topliss-reactive ketones (excluding diaryl/α,β-unsaturated/α-hetero) is 1. The second-order valence-corrected chi connectivity index (χ2v) is 8.25. The van der Waals surface area contributed by atoms with Gasteiger partial charge in [0.2, 0.25) is 5.95 Å². The SMILES string of the molecule is CC(=O)C1CCCN(c2nccc(Nc3cc4c(cn3)ncn4C(C)C)n2)CCC1. The van der Waals surface area contributed by atoms with Crippen LogP contribution in [0.4, 0.5) is 17.6 Å². The molecule has 158 valence electrons. The van der Waals surface area contributed by atoms with Crippen molar-refractivity contribution in [3.05, 3.63) is 30.9 Å². The largest absolute Gasteiger partial charge is 0.341 e. The maximum Gasteiger partial charge on any atom is 0.227 e. The van der Waals surface area contributed by atoms with Gasteiger partial charge in [-0.15, -0.1) is 0 Å². The van der Waals surface area contributed by atoms with E-state index < -0.39 is 0 Å².